The molecule has 0 aromatic heterocycles. The second kappa shape index (κ2) is 7.84. The number of piperazine rings is 1. The second-order valence-electron chi connectivity index (χ2n) is 5.48. The fourth-order valence-corrected chi connectivity index (χ4v) is 2.52. The second-order valence-corrected chi connectivity index (χ2v) is 5.48. The fraction of sp³-hybridized carbons (Fsp3) is 0.467. The molecule has 1 aromatic carbocycles. The number of nitrogens with zero attached hydrogens (tertiary/aromatic N) is 3. The van der Waals surface area contributed by atoms with Gasteiger partial charge in [-0.15, -0.1) is 0 Å². The van der Waals surface area contributed by atoms with E-state index in [1.165, 1.54) is 31.4 Å². The van der Waals surface area contributed by atoms with Gasteiger partial charge < -0.3 is 20.3 Å². The van der Waals surface area contributed by atoms with E-state index in [1.807, 2.05) is 0 Å². The third kappa shape index (κ3) is 4.06. The van der Waals surface area contributed by atoms with Gasteiger partial charge in [-0.1, -0.05) is 0 Å². The highest BCUT2D eigenvalue weighted by atomic mass is 16.6. The summed E-state index contributed by atoms with van der Waals surface area (Å²) < 4.78 is 4.87. The van der Waals surface area contributed by atoms with Gasteiger partial charge in [-0.25, -0.2) is 0 Å². The van der Waals surface area contributed by atoms with Gasteiger partial charge in [0.2, 0.25) is 5.91 Å². The van der Waals surface area contributed by atoms with Crippen molar-refractivity contribution in [2.45, 2.75) is 6.04 Å². The van der Waals surface area contributed by atoms with Crippen molar-refractivity contribution >= 4 is 17.5 Å². The van der Waals surface area contributed by atoms with Crippen molar-refractivity contribution < 1.29 is 19.2 Å². The Kier molecular flexibility index (Phi) is 5.83. The summed E-state index contributed by atoms with van der Waals surface area (Å²) in [6, 6.07) is 4.78. The molecule has 9 heteroatoms. The SMILES string of the molecule is COCC(N)C(=O)N1CCN(C(=O)c2ccc([N+](=O)[O-])cc2)CC1. The molecule has 0 spiro atoms. The summed E-state index contributed by atoms with van der Waals surface area (Å²) in [4.78, 5) is 37.9. The topological polar surface area (TPSA) is 119 Å². The van der Waals surface area contributed by atoms with Crippen molar-refractivity contribution in [1.29, 1.82) is 0 Å². The lowest BCUT2D eigenvalue weighted by Crippen LogP contribution is -2.55. The smallest absolute Gasteiger partial charge is 0.269 e. The van der Waals surface area contributed by atoms with Crippen molar-refractivity contribution in [1.82, 2.24) is 9.80 Å². The predicted octanol–water partition coefficient (Wildman–Crippen LogP) is -0.147. The number of nitro groups is 1. The van der Waals surface area contributed by atoms with Crippen molar-refractivity contribution in [2.24, 2.45) is 5.73 Å². The Morgan fingerprint density at radius 2 is 1.75 bits per heavy atom. The van der Waals surface area contributed by atoms with E-state index in [4.69, 9.17) is 10.5 Å². The number of hydrogen-bond donors (Lipinski definition) is 1. The summed E-state index contributed by atoms with van der Waals surface area (Å²) in [5.74, 6) is -0.405. The highest BCUT2D eigenvalue weighted by Gasteiger charge is 2.27. The Bertz CT molecular complexity index is 611. The molecule has 130 valence electrons. The van der Waals surface area contributed by atoms with Crippen LogP contribution in [0.25, 0.3) is 0 Å². The van der Waals surface area contributed by atoms with E-state index in [0.717, 1.165) is 0 Å². The van der Waals surface area contributed by atoms with Crippen molar-refractivity contribution in [3.05, 3.63) is 39.9 Å². The van der Waals surface area contributed by atoms with Crippen LogP contribution >= 0.6 is 0 Å². The quantitative estimate of drug-likeness (QED) is 0.590. The Balaban J connectivity index is 1.93. The van der Waals surface area contributed by atoms with E-state index in [0.29, 0.717) is 31.7 Å². The number of hydrogen-bond acceptors (Lipinski definition) is 6. The molecule has 1 saturated heterocycles. The molecule has 1 aliphatic heterocycles. The molecule has 2 rings (SSSR count). The van der Waals surface area contributed by atoms with Crippen LogP contribution in [0, 0.1) is 10.1 Å². The molecular weight excluding hydrogens is 316 g/mol. The molecule has 9 nitrogen and oxygen atoms in total. The van der Waals surface area contributed by atoms with Gasteiger partial charge in [-0.05, 0) is 12.1 Å². The van der Waals surface area contributed by atoms with Crippen LogP contribution in [0.15, 0.2) is 24.3 Å². The number of benzene rings is 1. The monoisotopic (exact) mass is 336 g/mol. The van der Waals surface area contributed by atoms with Gasteiger partial charge in [0.1, 0.15) is 6.04 Å². The summed E-state index contributed by atoms with van der Waals surface area (Å²) in [6.45, 7) is 1.73. The van der Waals surface area contributed by atoms with E-state index >= 15 is 0 Å². The predicted molar refractivity (Wildman–Crippen MR) is 85.4 cm³/mol. The molecule has 2 N–H and O–H groups in total. The van der Waals surface area contributed by atoms with Crippen LogP contribution in [0.2, 0.25) is 0 Å². The van der Waals surface area contributed by atoms with Crippen LogP contribution in [0.3, 0.4) is 0 Å². The highest BCUT2D eigenvalue weighted by molar-refractivity contribution is 5.94. The fourth-order valence-electron chi connectivity index (χ4n) is 2.52. The number of carbonyl (C=O) groups is 2. The van der Waals surface area contributed by atoms with Crippen LogP contribution in [0.5, 0.6) is 0 Å². The molecule has 0 aliphatic carbocycles. The number of non-ortho nitro benzene ring substituents is 1. The zero-order valence-electron chi connectivity index (χ0n) is 13.4. The highest BCUT2D eigenvalue weighted by Crippen LogP contribution is 2.15. The third-order valence-electron chi connectivity index (χ3n) is 3.87. The largest absolute Gasteiger partial charge is 0.383 e. The first-order valence-corrected chi connectivity index (χ1v) is 7.51. The van der Waals surface area contributed by atoms with Crippen LogP contribution in [-0.2, 0) is 9.53 Å². The van der Waals surface area contributed by atoms with Crippen LogP contribution < -0.4 is 5.73 Å². The van der Waals surface area contributed by atoms with Gasteiger partial charge in [-0.2, -0.15) is 0 Å². The molecule has 1 atom stereocenters. The van der Waals surface area contributed by atoms with E-state index in [-0.39, 0.29) is 24.1 Å². The lowest BCUT2D eigenvalue weighted by molar-refractivity contribution is -0.384. The van der Waals surface area contributed by atoms with Gasteiger partial charge in [0, 0.05) is 51.0 Å². The van der Waals surface area contributed by atoms with Crippen molar-refractivity contribution in [3.8, 4) is 0 Å². The minimum absolute atomic E-state index is 0.0610. The first kappa shape index (κ1) is 17.8. The Morgan fingerprint density at radius 1 is 1.21 bits per heavy atom. The molecule has 1 aromatic rings. The van der Waals surface area contributed by atoms with E-state index in [1.54, 1.807) is 9.80 Å². The van der Waals surface area contributed by atoms with Gasteiger partial charge in [-0.3, -0.25) is 19.7 Å². The first-order chi connectivity index (χ1) is 11.4. The standard InChI is InChI=1S/C15H20N4O5/c1-24-10-13(16)15(21)18-8-6-17(7-9-18)14(20)11-2-4-12(5-3-11)19(22)23/h2-5,13H,6-10,16H2,1H3. The molecule has 1 heterocycles. The molecule has 1 aliphatic rings. The lowest BCUT2D eigenvalue weighted by atomic mass is 10.1. The Labute approximate surface area is 139 Å². The van der Waals surface area contributed by atoms with Gasteiger partial charge in [0.05, 0.1) is 11.5 Å². The molecule has 0 saturated carbocycles. The Hall–Kier alpha value is -2.52. The average Bonchev–Trinajstić information content (AvgIpc) is 2.61. The number of carbonyl (C=O) groups excluding carboxylic acids is 2. The summed E-state index contributed by atoms with van der Waals surface area (Å²) in [7, 11) is 1.48. The number of rotatable bonds is 5. The van der Waals surface area contributed by atoms with Crippen LogP contribution in [0.4, 0.5) is 5.69 Å². The molecule has 1 unspecified atom stereocenters. The van der Waals surface area contributed by atoms with Gasteiger partial charge in [0.15, 0.2) is 0 Å². The lowest BCUT2D eigenvalue weighted by Gasteiger charge is -2.35. The third-order valence-corrected chi connectivity index (χ3v) is 3.87. The summed E-state index contributed by atoms with van der Waals surface area (Å²) in [5, 5.41) is 10.6. The van der Waals surface area contributed by atoms with Gasteiger partial charge >= 0.3 is 0 Å². The van der Waals surface area contributed by atoms with E-state index < -0.39 is 11.0 Å². The minimum Gasteiger partial charge on any atom is -0.383 e. The maximum Gasteiger partial charge on any atom is 0.269 e. The van der Waals surface area contributed by atoms with E-state index in [9.17, 15) is 19.7 Å². The zero-order valence-corrected chi connectivity index (χ0v) is 13.4. The number of ether oxygens (including phenoxy) is 1. The zero-order chi connectivity index (χ0) is 17.7. The maximum absolute atomic E-state index is 12.4. The Morgan fingerprint density at radius 3 is 2.25 bits per heavy atom. The summed E-state index contributed by atoms with van der Waals surface area (Å²) >= 11 is 0. The molecule has 0 bridgehead atoms. The van der Waals surface area contributed by atoms with Gasteiger partial charge in [0.25, 0.3) is 11.6 Å². The number of amides is 2. The molecule has 1 fully saturated rings. The van der Waals surface area contributed by atoms with Crippen LogP contribution in [-0.4, -0.2) is 72.5 Å². The maximum atomic E-state index is 12.4. The summed E-state index contributed by atoms with van der Waals surface area (Å²) in [6.07, 6.45) is 0. The number of nitrogens with two attached hydrogens (primary N) is 1. The molecular formula is C15H20N4O5. The normalized spacial score (nSPS) is 15.9. The van der Waals surface area contributed by atoms with Crippen molar-refractivity contribution in [3.63, 3.8) is 0 Å². The van der Waals surface area contributed by atoms with E-state index in [2.05, 4.69) is 0 Å². The van der Waals surface area contributed by atoms with Crippen molar-refractivity contribution in [2.75, 3.05) is 39.9 Å². The molecule has 24 heavy (non-hydrogen) atoms. The minimum atomic E-state index is -0.702. The first-order valence-electron chi connectivity index (χ1n) is 7.51. The summed E-state index contributed by atoms with van der Waals surface area (Å²) in [5.41, 5.74) is 6.06. The average molecular weight is 336 g/mol. The number of methoxy groups -OCH3 is 1. The molecule has 0 radical (unpaired) electrons. The molecule has 2 amide bonds. The number of nitro benzene ring substituents is 1. The van der Waals surface area contributed by atoms with Crippen LogP contribution in [0.1, 0.15) is 10.4 Å².